The molecule has 0 aromatic heterocycles. The van der Waals surface area contributed by atoms with Crippen molar-refractivity contribution in [2.75, 3.05) is 19.0 Å². The third kappa shape index (κ3) is 5.03. The number of oxime groups is 1. The topological polar surface area (TPSA) is 59.9 Å². The third-order valence-corrected chi connectivity index (χ3v) is 3.92. The minimum atomic E-state index is -0.438. The Morgan fingerprint density at radius 3 is 2.62 bits per heavy atom. The molecule has 0 saturated heterocycles. The molecule has 0 aliphatic rings. The van der Waals surface area contributed by atoms with E-state index in [9.17, 15) is 4.79 Å². The lowest BCUT2D eigenvalue weighted by molar-refractivity contribution is -0.120. The number of hydrogen-bond donors (Lipinski definition) is 1. The fraction of sp³-hybridized carbons (Fsp3) is 0.125. The van der Waals surface area contributed by atoms with Crippen molar-refractivity contribution in [1.29, 1.82) is 0 Å². The van der Waals surface area contributed by atoms with Crippen LogP contribution in [0.3, 0.4) is 0 Å². The molecule has 0 aliphatic heterocycles. The van der Waals surface area contributed by atoms with E-state index in [0.717, 1.165) is 5.56 Å². The molecule has 0 spiro atoms. The summed E-state index contributed by atoms with van der Waals surface area (Å²) in [5.41, 5.74) is 1.07. The molecule has 5 nitrogen and oxygen atoms in total. The van der Waals surface area contributed by atoms with Gasteiger partial charge in [0.25, 0.3) is 5.91 Å². The van der Waals surface area contributed by atoms with Crippen LogP contribution in [0.15, 0.2) is 41.6 Å². The standard InChI is InChI=1S/C16H13Cl3N2O3/c1-23-15-5-3-2-4-10(15)8-20-24-9-16(22)21-14-7-12(18)11(17)6-13(14)19/h2-8H,9H2,1H3,(H,21,22)/b20-8-. The zero-order chi connectivity index (χ0) is 17.5. The van der Waals surface area contributed by atoms with Gasteiger partial charge in [0.15, 0.2) is 6.61 Å². The second kappa shape index (κ2) is 8.78. The number of methoxy groups -OCH3 is 1. The highest BCUT2D eigenvalue weighted by molar-refractivity contribution is 6.44. The van der Waals surface area contributed by atoms with E-state index in [1.54, 1.807) is 19.2 Å². The number of carbonyl (C=O) groups is 1. The zero-order valence-electron chi connectivity index (χ0n) is 12.6. The van der Waals surface area contributed by atoms with E-state index < -0.39 is 5.91 Å². The van der Waals surface area contributed by atoms with Gasteiger partial charge in [-0.05, 0) is 24.3 Å². The van der Waals surface area contributed by atoms with E-state index in [1.165, 1.54) is 18.3 Å². The smallest absolute Gasteiger partial charge is 0.265 e. The first-order chi connectivity index (χ1) is 11.5. The van der Waals surface area contributed by atoms with Crippen molar-refractivity contribution >= 4 is 52.6 Å². The fourth-order valence-electron chi connectivity index (χ4n) is 1.77. The van der Waals surface area contributed by atoms with E-state index in [0.29, 0.717) is 16.5 Å². The number of ether oxygens (including phenoxy) is 1. The Morgan fingerprint density at radius 2 is 1.88 bits per heavy atom. The predicted molar refractivity (Wildman–Crippen MR) is 96.6 cm³/mol. The van der Waals surface area contributed by atoms with Crippen LogP contribution in [0.5, 0.6) is 5.75 Å². The Bertz CT molecular complexity index is 766. The van der Waals surface area contributed by atoms with Gasteiger partial charge in [-0.3, -0.25) is 4.79 Å². The van der Waals surface area contributed by atoms with Crippen molar-refractivity contribution in [3.8, 4) is 5.75 Å². The number of nitrogens with one attached hydrogen (secondary N) is 1. The molecular formula is C16H13Cl3N2O3. The molecule has 0 radical (unpaired) electrons. The van der Waals surface area contributed by atoms with Crippen LogP contribution in [0.4, 0.5) is 5.69 Å². The molecule has 126 valence electrons. The largest absolute Gasteiger partial charge is 0.496 e. The van der Waals surface area contributed by atoms with Crippen LogP contribution in [0.25, 0.3) is 0 Å². The third-order valence-electron chi connectivity index (χ3n) is 2.88. The maximum atomic E-state index is 11.8. The normalized spacial score (nSPS) is 10.7. The first kappa shape index (κ1) is 18.4. The lowest BCUT2D eigenvalue weighted by Crippen LogP contribution is -2.17. The van der Waals surface area contributed by atoms with E-state index in [1.807, 2.05) is 12.1 Å². The summed E-state index contributed by atoms with van der Waals surface area (Å²) in [6.45, 7) is -0.289. The molecule has 0 atom stereocenters. The number of anilines is 1. The molecule has 0 fully saturated rings. The second-order valence-corrected chi connectivity index (χ2v) is 5.77. The summed E-state index contributed by atoms with van der Waals surface area (Å²) in [6, 6.07) is 10.2. The van der Waals surface area contributed by atoms with E-state index in [2.05, 4.69) is 10.5 Å². The molecule has 24 heavy (non-hydrogen) atoms. The monoisotopic (exact) mass is 386 g/mol. The number of benzene rings is 2. The fourth-order valence-corrected chi connectivity index (χ4v) is 2.36. The van der Waals surface area contributed by atoms with Crippen LogP contribution >= 0.6 is 34.8 Å². The summed E-state index contributed by atoms with van der Waals surface area (Å²) >= 11 is 17.7. The summed E-state index contributed by atoms with van der Waals surface area (Å²) < 4.78 is 5.17. The highest BCUT2D eigenvalue weighted by Crippen LogP contribution is 2.32. The van der Waals surface area contributed by atoms with E-state index in [4.69, 9.17) is 44.4 Å². The SMILES string of the molecule is COc1ccccc1/C=N\OCC(=O)Nc1cc(Cl)c(Cl)cc1Cl. The molecule has 2 aromatic carbocycles. The van der Waals surface area contributed by atoms with Crippen molar-refractivity contribution in [1.82, 2.24) is 0 Å². The highest BCUT2D eigenvalue weighted by atomic mass is 35.5. The molecule has 2 aromatic rings. The molecule has 0 saturated carbocycles. The highest BCUT2D eigenvalue weighted by Gasteiger charge is 2.09. The van der Waals surface area contributed by atoms with E-state index >= 15 is 0 Å². The van der Waals surface area contributed by atoms with Gasteiger partial charge >= 0.3 is 0 Å². The van der Waals surface area contributed by atoms with Gasteiger partial charge in [0.2, 0.25) is 0 Å². The number of para-hydroxylation sites is 1. The lowest BCUT2D eigenvalue weighted by atomic mass is 10.2. The Labute approximate surface area is 154 Å². The number of hydrogen-bond acceptors (Lipinski definition) is 4. The number of rotatable bonds is 6. The number of carbonyl (C=O) groups excluding carboxylic acids is 1. The molecule has 0 unspecified atom stereocenters. The minimum absolute atomic E-state index is 0.273. The van der Waals surface area contributed by atoms with Crippen molar-refractivity contribution in [3.63, 3.8) is 0 Å². The van der Waals surface area contributed by atoms with E-state index in [-0.39, 0.29) is 16.7 Å². The van der Waals surface area contributed by atoms with Crippen molar-refractivity contribution in [2.45, 2.75) is 0 Å². The Kier molecular flexibility index (Phi) is 6.73. The molecule has 0 aliphatic carbocycles. The molecular weight excluding hydrogens is 375 g/mol. The van der Waals surface area contributed by atoms with Gasteiger partial charge < -0.3 is 14.9 Å². The predicted octanol–water partition coefficient (Wildman–Crippen LogP) is 4.64. The molecule has 8 heteroatoms. The van der Waals surface area contributed by atoms with Crippen LogP contribution in [-0.4, -0.2) is 25.8 Å². The summed E-state index contributed by atoms with van der Waals surface area (Å²) in [5.74, 6) is 0.212. The van der Waals surface area contributed by atoms with Gasteiger partial charge in [0.1, 0.15) is 5.75 Å². The number of nitrogens with zero attached hydrogens (tertiary/aromatic N) is 1. The molecule has 0 bridgehead atoms. The first-order valence-corrected chi connectivity index (χ1v) is 7.87. The average molecular weight is 388 g/mol. The summed E-state index contributed by atoms with van der Waals surface area (Å²) in [5, 5.41) is 7.16. The van der Waals surface area contributed by atoms with Crippen LogP contribution in [-0.2, 0) is 9.63 Å². The summed E-state index contributed by atoms with van der Waals surface area (Å²) in [6.07, 6.45) is 1.46. The Morgan fingerprint density at radius 1 is 1.17 bits per heavy atom. The van der Waals surface area contributed by atoms with Crippen molar-refractivity contribution in [3.05, 3.63) is 57.0 Å². The molecule has 1 N–H and O–H groups in total. The quantitative estimate of drug-likeness (QED) is 0.446. The van der Waals surface area contributed by atoms with Crippen molar-refractivity contribution in [2.24, 2.45) is 5.16 Å². The van der Waals surface area contributed by atoms with Crippen molar-refractivity contribution < 1.29 is 14.4 Å². The second-order valence-electron chi connectivity index (χ2n) is 4.54. The van der Waals surface area contributed by atoms with Gasteiger partial charge in [0, 0.05) is 5.56 Å². The maximum absolute atomic E-state index is 11.8. The number of amides is 1. The number of halogens is 3. The molecule has 2 rings (SSSR count). The molecule has 0 heterocycles. The Balaban J connectivity index is 1.90. The van der Waals surface area contributed by atoms with Crippen LogP contribution in [0.1, 0.15) is 5.56 Å². The lowest BCUT2D eigenvalue weighted by Gasteiger charge is -2.08. The van der Waals surface area contributed by atoms with Gasteiger partial charge in [-0.25, -0.2) is 0 Å². The van der Waals surface area contributed by atoms with Crippen LogP contribution in [0.2, 0.25) is 15.1 Å². The van der Waals surface area contributed by atoms with Gasteiger partial charge in [-0.15, -0.1) is 0 Å². The van der Waals surface area contributed by atoms with Crippen LogP contribution in [0, 0.1) is 0 Å². The molecule has 1 amide bonds. The van der Waals surface area contributed by atoms with Crippen LogP contribution < -0.4 is 10.1 Å². The van der Waals surface area contributed by atoms with Gasteiger partial charge in [0.05, 0.1) is 34.1 Å². The maximum Gasteiger partial charge on any atom is 0.265 e. The van der Waals surface area contributed by atoms with Gasteiger partial charge in [-0.1, -0.05) is 52.1 Å². The summed E-state index contributed by atoms with van der Waals surface area (Å²) in [4.78, 5) is 16.8. The average Bonchev–Trinajstić information content (AvgIpc) is 2.57. The summed E-state index contributed by atoms with van der Waals surface area (Å²) in [7, 11) is 1.56. The minimum Gasteiger partial charge on any atom is -0.496 e. The zero-order valence-corrected chi connectivity index (χ0v) is 14.8. The van der Waals surface area contributed by atoms with Gasteiger partial charge in [-0.2, -0.15) is 0 Å². The Hall–Kier alpha value is -1.95. The first-order valence-electron chi connectivity index (χ1n) is 6.74.